The lowest BCUT2D eigenvalue weighted by atomic mass is 9.84. The lowest BCUT2D eigenvalue weighted by molar-refractivity contribution is 0.483. The molecule has 26 heavy (non-hydrogen) atoms. The lowest BCUT2D eigenvalue weighted by Crippen LogP contribution is -2.17. The summed E-state index contributed by atoms with van der Waals surface area (Å²) in [5, 5.41) is 3.30. The van der Waals surface area contributed by atoms with Crippen LogP contribution < -0.4 is 5.32 Å². The minimum Gasteiger partial charge on any atom is -0.358 e. The minimum atomic E-state index is -4.22. The SMILES string of the molecule is CC1(C)C(=CC=CC=Nc2ccccc2)Nc2ccc(S(=O)(=O)O)cc21. The second kappa shape index (κ2) is 6.90. The third-order valence-corrected chi connectivity index (χ3v) is 5.19. The van der Waals surface area contributed by atoms with E-state index in [-0.39, 0.29) is 4.90 Å². The lowest BCUT2D eigenvalue weighted by Gasteiger charge is -2.20. The topological polar surface area (TPSA) is 78.8 Å². The van der Waals surface area contributed by atoms with E-state index < -0.39 is 15.5 Å². The van der Waals surface area contributed by atoms with Gasteiger partial charge in [-0.05, 0) is 48.0 Å². The Labute approximate surface area is 153 Å². The Bertz CT molecular complexity index is 1000. The molecule has 0 saturated heterocycles. The molecule has 0 fully saturated rings. The molecule has 0 amide bonds. The summed E-state index contributed by atoms with van der Waals surface area (Å²) < 4.78 is 32.0. The maximum atomic E-state index is 11.4. The number of allylic oxidation sites excluding steroid dienone is 4. The summed E-state index contributed by atoms with van der Waals surface area (Å²) in [6, 6.07) is 14.2. The number of hydrogen-bond donors (Lipinski definition) is 2. The molecule has 0 bridgehead atoms. The van der Waals surface area contributed by atoms with E-state index in [1.165, 1.54) is 12.1 Å². The summed E-state index contributed by atoms with van der Waals surface area (Å²) in [5.41, 5.74) is 3.07. The Balaban J connectivity index is 1.80. The molecule has 2 N–H and O–H groups in total. The van der Waals surface area contributed by atoms with Crippen molar-refractivity contribution in [2.75, 3.05) is 5.32 Å². The Kier molecular flexibility index (Phi) is 4.80. The smallest absolute Gasteiger partial charge is 0.294 e. The fourth-order valence-electron chi connectivity index (χ4n) is 2.85. The molecule has 0 aromatic heterocycles. The van der Waals surface area contributed by atoms with Crippen LogP contribution >= 0.6 is 0 Å². The van der Waals surface area contributed by atoms with Crippen LogP contribution in [0.25, 0.3) is 0 Å². The van der Waals surface area contributed by atoms with Crippen LogP contribution in [0.4, 0.5) is 11.4 Å². The summed E-state index contributed by atoms with van der Waals surface area (Å²) >= 11 is 0. The summed E-state index contributed by atoms with van der Waals surface area (Å²) in [4.78, 5) is 4.23. The van der Waals surface area contributed by atoms with Gasteiger partial charge in [0, 0.05) is 23.0 Å². The molecule has 0 radical (unpaired) electrons. The van der Waals surface area contributed by atoms with Crippen molar-refractivity contribution in [2.24, 2.45) is 4.99 Å². The first-order valence-electron chi connectivity index (χ1n) is 8.14. The molecular formula is C20H20N2O3S. The quantitative estimate of drug-likeness (QED) is 0.616. The van der Waals surface area contributed by atoms with E-state index in [1.54, 1.807) is 12.3 Å². The Hall–Kier alpha value is -2.70. The third kappa shape index (κ3) is 3.76. The molecule has 1 heterocycles. The zero-order chi connectivity index (χ0) is 18.8. The van der Waals surface area contributed by atoms with E-state index >= 15 is 0 Å². The molecule has 5 nitrogen and oxygen atoms in total. The van der Waals surface area contributed by atoms with Crippen molar-refractivity contribution in [2.45, 2.75) is 24.2 Å². The van der Waals surface area contributed by atoms with Gasteiger partial charge >= 0.3 is 0 Å². The molecule has 0 saturated carbocycles. The summed E-state index contributed by atoms with van der Waals surface area (Å²) in [5.74, 6) is 0. The summed E-state index contributed by atoms with van der Waals surface area (Å²) in [7, 11) is -4.22. The van der Waals surface area contributed by atoms with Gasteiger partial charge in [0.15, 0.2) is 0 Å². The average molecular weight is 368 g/mol. The molecule has 0 atom stereocenters. The van der Waals surface area contributed by atoms with Gasteiger partial charge in [0.1, 0.15) is 0 Å². The van der Waals surface area contributed by atoms with Crippen molar-refractivity contribution in [3.05, 3.63) is 78.0 Å². The molecule has 134 valence electrons. The Morgan fingerprint density at radius 3 is 2.50 bits per heavy atom. The third-order valence-electron chi connectivity index (χ3n) is 4.34. The normalized spacial score (nSPS) is 17.7. The molecule has 1 aliphatic heterocycles. The van der Waals surface area contributed by atoms with E-state index in [2.05, 4.69) is 10.3 Å². The largest absolute Gasteiger partial charge is 0.358 e. The van der Waals surface area contributed by atoms with Crippen LogP contribution in [0, 0.1) is 0 Å². The highest BCUT2D eigenvalue weighted by molar-refractivity contribution is 7.85. The van der Waals surface area contributed by atoms with Crippen LogP contribution in [0.15, 0.2) is 82.3 Å². The highest BCUT2D eigenvalue weighted by atomic mass is 32.2. The number of nitrogens with zero attached hydrogens (tertiary/aromatic N) is 1. The van der Waals surface area contributed by atoms with Gasteiger partial charge in [0.25, 0.3) is 10.1 Å². The first-order chi connectivity index (χ1) is 12.3. The Morgan fingerprint density at radius 1 is 1.08 bits per heavy atom. The maximum Gasteiger partial charge on any atom is 0.294 e. The van der Waals surface area contributed by atoms with Crippen molar-refractivity contribution in [3.8, 4) is 0 Å². The predicted molar refractivity (Wildman–Crippen MR) is 105 cm³/mol. The molecule has 0 unspecified atom stereocenters. The average Bonchev–Trinajstić information content (AvgIpc) is 2.85. The van der Waals surface area contributed by atoms with Gasteiger partial charge < -0.3 is 5.32 Å². The first-order valence-corrected chi connectivity index (χ1v) is 9.58. The van der Waals surface area contributed by atoms with E-state index in [0.717, 1.165) is 22.6 Å². The fourth-order valence-corrected chi connectivity index (χ4v) is 3.36. The zero-order valence-corrected chi connectivity index (χ0v) is 15.4. The van der Waals surface area contributed by atoms with Crippen LogP contribution in [-0.2, 0) is 15.5 Å². The highest BCUT2D eigenvalue weighted by Crippen LogP contribution is 2.43. The molecule has 6 heteroatoms. The number of para-hydroxylation sites is 1. The van der Waals surface area contributed by atoms with Gasteiger partial charge in [-0.25, -0.2) is 0 Å². The second-order valence-electron chi connectivity index (χ2n) is 6.51. The van der Waals surface area contributed by atoms with Crippen LogP contribution in [0.2, 0.25) is 0 Å². The van der Waals surface area contributed by atoms with Gasteiger partial charge in [0.2, 0.25) is 0 Å². The standard InChI is InChI=1S/C20H20N2O3S/c1-20(2)17-14-16(26(23,24)25)11-12-18(17)22-19(20)10-6-7-13-21-15-8-4-3-5-9-15/h3-14,22H,1-2H3,(H,23,24,25). The van der Waals surface area contributed by atoms with Crippen molar-refractivity contribution >= 4 is 27.7 Å². The monoisotopic (exact) mass is 368 g/mol. The van der Waals surface area contributed by atoms with Gasteiger partial charge in [0.05, 0.1) is 10.6 Å². The van der Waals surface area contributed by atoms with Crippen LogP contribution in [-0.4, -0.2) is 19.2 Å². The molecule has 2 aromatic rings. The van der Waals surface area contributed by atoms with Gasteiger partial charge in [-0.3, -0.25) is 9.55 Å². The molecule has 0 spiro atoms. The van der Waals surface area contributed by atoms with Gasteiger partial charge in [-0.2, -0.15) is 8.42 Å². The van der Waals surface area contributed by atoms with Gasteiger partial charge in [-0.15, -0.1) is 0 Å². The fraction of sp³-hybridized carbons (Fsp3) is 0.150. The van der Waals surface area contributed by atoms with E-state index in [0.29, 0.717) is 0 Å². The van der Waals surface area contributed by atoms with E-state index in [1.807, 2.05) is 62.4 Å². The van der Waals surface area contributed by atoms with Crippen molar-refractivity contribution in [1.29, 1.82) is 0 Å². The molecule has 2 aromatic carbocycles. The zero-order valence-electron chi connectivity index (χ0n) is 14.5. The number of hydrogen-bond acceptors (Lipinski definition) is 4. The first kappa shape index (κ1) is 18.1. The van der Waals surface area contributed by atoms with Crippen molar-refractivity contribution in [1.82, 2.24) is 0 Å². The summed E-state index contributed by atoms with van der Waals surface area (Å²) in [6.45, 7) is 3.99. The van der Waals surface area contributed by atoms with Crippen LogP contribution in [0.1, 0.15) is 19.4 Å². The van der Waals surface area contributed by atoms with E-state index in [9.17, 15) is 13.0 Å². The number of benzene rings is 2. The van der Waals surface area contributed by atoms with Crippen molar-refractivity contribution in [3.63, 3.8) is 0 Å². The number of rotatable bonds is 4. The van der Waals surface area contributed by atoms with Crippen LogP contribution in [0.3, 0.4) is 0 Å². The minimum absolute atomic E-state index is 0.0992. The Morgan fingerprint density at radius 2 is 1.81 bits per heavy atom. The maximum absolute atomic E-state index is 11.4. The highest BCUT2D eigenvalue weighted by Gasteiger charge is 2.35. The molecule has 1 aliphatic rings. The number of nitrogens with one attached hydrogen (secondary N) is 1. The van der Waals surface area contributed by atoms with E-state index in [4.69, 9.17) is 0 Å². The van der Waals surface area contributed by atoms with Gasteiger partial charge in [-0.1, -0.05) is 38.1 Å². The van der Waals surface area contributed by atoms with Crippen LogP contribution in [0.5, 0.6) is 0 Å². The second-order valence-corrected chi connectivity index (χ2v) is 7.93. The molecular weight excluding hydrogens is 348 g/mol. The molecule has 0 aliphatic carbocycles. The van der Waals surface area contributed by atoms with Crippen molar-refractivity contribution < 1.29 is 13.0 Å². The molecule has 3 rings (SSSR count). The number of anilines is 1. The number of aliphatic imine (C=N–C) groups is 1. The number of fused-ring (bicyclic) bond motifs is 1. The predicted octanol–water partition coefficient (Wildman–Crippen LogP) is 4.48. The summed E-state index contributed by atoms with van der Waals surface area (Å²) in [6.07, 6.45) is 7.37.